The summed E-state index contributed by atoms with van der Waals surface area (Å²) in [5.41, 5.74) is 0. The lowest BCUT2D eigenvalue weighted by molar-refractivity contribution is -0.301. The SMILES string of the molecule is CC/C=C\C/C=C\C/C=C\C/C=C\C/C=C\C/C=C\CCC(=O)OC1C(OCC(COC(=O)CCCCCCC/C=C\CCCCCCCC)OC(=O)CCCCCCC/C=C\CCCCCC)OC(C(=O)O)C(O)C1O. The number of hydrogen-bond acceptors (Lipinski definition) is 11. The Morgan fingerprint density at radius 2 is 0.844 bits per heavy atom. The second kappa shape index (κ2) is 52.3. The van der Waals surface area contributed by atoms with Crippen LogP contribution in [0.1, 0.15) is 239 Å². The quantitative estimate of drug-likeness (QED) is 0.0228. The molecule has 0 saturated carbocycles. The Hall–Kier alpha value is -4.36. The molecule has 6 atom stereocenters. The van der Waals surface area contributed by atoms with Crippen LogP contribution >= 0.6 is 0 Å². The largest absolute Gasteiger partial charge is 0.479 e. The van der Waals surface area contributed by atoms with Crippen LogP contribution in [-0.4, -0.2) is 89.2 Å². The fraction of sp³-hybridized carbons (Fsp3) is 0.692. The van der Waals surface area contributed by atoms with Gasteiger partial charge in [0.25, 0.3) is 0 Å². The van der Waals surface area contributed by atoms with E-state index in [1.165, 1.54) is 64.2 Å². The number of aliphatic hydroxyl groups excluding tert-OH is 2. The van der Waals surface area contributed by atoms with Gasteiger partial charge in [0.2, 0.25) is 0 Å². The van der Waals surface area contributed by atoms with Gasteiger partial charge in [0.1, 0.15) is 18.8 Å². The van der Waals surface area contributed by atoms with E-state index in [1.807, 2.05) is 18.2 Å². The molecule has 0 aromatic heterocycles. The summed E-state index contributed by atoms with van der Waals surface area (Å²) in [4.78, 5) is 51.1. The van der Waals surface area contributed by atoms with Crippen LogP contribution in [0.15, 0.2) is 97.2 Å². The molecule has 438 valence electrons. The number of carboxylic acids is 1. The average molecular weight is 1080 g/mol. The molecule has 1 aliphatic heterocycles. The first-order valence-electron chi connectivity index (χ1n) is 30.2. The number of rotatable bonds is 50. The molecule has 0 aliphatic carbocycles. The maximum Gasteiger partial charge on any atom is 0.335 e. The number of ether oxygens (including phenoxy) is 5. The molecule has 0 radical (unpaired) electrons. The summed E-state index contributed by atoms with van der Waals surface area (Å²) in [6.07, 6.45) is 56.7. The molecule has 12 nitrogen and oxygen atoms in total. The Morgan fingerprint density at radius 3 is 1.31 bits per heavy atom. The minimum absolute atomic E-state index is 0.0697. The van der Waals surface area contributed by atoms with E-state index in [1.54, 1.807) is 0 Å². The van der Waals surface area contributed by atoms with Crippen molar-refractivity contribution in [3.63, 3.8) is 0 Å². The van der Waals surface area contributed by atoms with Crippen LogP contribution in [0.4, 0.5) is 0 Å². The smallest absolute Gasteiger partial charge is 0.335 e. The molecule has 1 heterocycles. The first-order chi connectivity index (χ1) is 37.6. The molecule has 1 fully saturated rings. The predicted octanol–water partition coefficient (Wildman–Crippen LogP) is 15.7. The van der Waals surface area contributed by atoms with Crippen LogP contribution in [0.3, 0.4) is 0 Å². The number of esters is 3. The van der Waals surface area contributed by atoms with Crippen LogP contribution in [-0.2, 0) is 42.9 Å². The third-order valence-electron chi connectivity index (χ3n) is 13.1. The van der Waals surface area contributed by atoms with E-state index >= 15 is 0 Å². The number of unbranched alkanes of at least 4 members (excludes halogenated alkanes) is 20. The predicted molar refractivity (Wildman–Crippen MR) is 312 cm³/mol. The van der Waals surface area contributed by atoms with Crippen molar-refractivity contribution in [1.29, 1.82) is 0 Å². The van der Waals surface area contributed by atoms with Gasteiger partial charge in [-0.05, 0) is 109 Å². The molecular formula is C65H106O12. The third kappa shape index (κ3) is 42.3. The van der Waals surface area contributed by atoms with Gasteiger partial charge in [-0.15, -0.1) is 0 Å². The molecule has 1 aliphatic rings. The highest BCUT2D eigenvalue weighted by Gasteiger charge is 2.50. The van der Waals surface area contributed by atoms with Crippen LogP contribution in [0.25, 0.3) is 0 Å². The number of aliphatic hydroxyl groups is 2. The Bertz CT molecular complexity index is 1710. The Kier molecular flexibility index (Phi) is 48.0. The summed E-state index contributed by atoms with van der Waals surface area (Å²) in [5.74, 6) is -3.26. The molecule has 0 aromatic carbocycles. The van der Waals surface area contributed by atoms with Gasteiger partial charge in [-0.1, -0.05) is 208 Å². The normalized spacial score (nSPS) is 18.7. The number of carboxylic acid groups (broad SMARTS) is 1. The highest BCUT2D eigenvalue weighted by Crippen LogP contribution is 2.26. The first kappa shape index (κ1) is 70.7. The monoisotopic (exact) mass is 1080 g/mol. The standard InChI is InChI=1S/C65H106O12/c1-4-7-10-13-16-19-22-25-27-28-29-30-32-35-38-41-44-47-50-53-59(68)76-63-61(70)60(69)62(64(71)72)77-65(63)74-55-56(75-58(67)52-49-46-43-40-37-33-24-21-18-15-12-9-6-3)54-73-57(66)51-48-45-42-39-36-34-31-26-23-20-17-14-11-8-5-2/h7,10,16,19,21,24-27,29-31,35,38,44,47,56,60-63,65,69-70H,4-6,8-9,11-15,17-18,20,22-23,28,32-34,36-37,39-43,45-46,48-55H2,1-3H3,(H,71,72)/b10-7-,19-16-,24-21-,27-25-,30-29-,31-26-,38-35-,47-44-. The zero-order valence-electron chi connectivity index (χ0n) is 48.2. The highest BCUT2D eigenvalue weighted by molar-refractivity contribution is 5.74. The second-order valence-corrected chi connectivity index (χ2v) is 20.2. The zero-order chi connectivity index (χ0) is 56.1. The summed E-state index contributed by atoms with van der Waals surface area (Å²) in [5, 5.41) is 31.5. The van der Waals surface area contributed by atoms with Crippen molar-refractivity contribution in [3.8, 4) is 0 Å². The van der Waals surface area contributed by atoms with Crippen LogP contribution in [0, 0.1) is 0 Å². The summed E-state index contributed by atoms with van der Waals surface area (Å²) in [6, 6.07) is 0. The summed E-state index contributed by atoms with van der Waals surface area (Å²) < 4.78 is 28.3. The average Bonchev–Trinajstić information content (AvgIpc) is 3.42. The molecule has 6 unspecified atom stereocenters. The molecule has 3 N–H and O–H groups in total. The van der Waals surface area contributed by atoms with E-state index in [-0.39, 0.29) is 25.9 Å². The van der Waals surface area contributed by atoms with E-state index in [9.17, 15) is 34.5 Å². The maximum atomic E-state index is 13.1. The van der Waals surface area contributed by atoms with Crippen LogP contribution < -0.4 is 0 Å². The maximum absolute atomic E-state index is 13.1. The molecular weight excluding hydrogens is 973 g/mol. The van der Waals surface area contributed by atoms with Gasteiger partial charge < -0.3 is 39.0 Å². The van der Waals surface area contributed by atoms with Gasteiger partial charge in [-0.3, -0.25) is 14.4 Å². The molecule has 0 aromatic rings. The van der Waals surface area contributed by atoms with Crippen molar-refractivity contribution >= 4 is 23.9 Å². The van der Waals surface area contributed by atoms with Gasteiger partial charge in [0.05, 0.1) is 6.61 Å². The Balaban J connectivity index is 2.74. The third-order valence-corrected chi connectivity index (χ3v) is 13.1. The molecule has 0 bridgehead atoms. The van der Waals surface area contributed by atoms with E-state index < -0.39 is 67.3 Å². The fourth-order valence-electron chi connectivity index (χ4n) is 8.50. The minimum atomic E-state index is -1.93. The molecule has 77 heavy (non-hydrogen) atoms. The molecule has 12 heteroatoms. The number of allylic oxidation sites excluding steroid dienone is 16. The van der Waals surface area contributed by atoms with Crippen molar-refractivity contribution in [2.45, 2.75) is 276 Å². The van der Waals surface area contributed by atoms with E-state index in [0.717, 1.165) is 109 Å². The van der Waals surface area contributed by atoms with Crippen LogP contribution in [0.2, 0.25) is 0 Å². The second-order valence-electron chi connectivity index (χ2n) is 20.2. The molecule has 1 rings (SSSR count). The summed E-state index contributed by atoms with van der Waals surface area (Å²) >= 11 is 0. The van der Waals surface area contributed by atoms with Crippen molar-refractivity contribution in [1.82, 2.24) is 0 Å². The van der Waals surface area contributed by atoms with E-state index in [2.05, 4.69) is 99.8 Å². The number of carbonyl (C=O) groups excluding carboxylic acids is 3. The number of hydrogen-bond donors (Lipinski definition) is 3. The minimum Gasteiger partial charge on any atom is -0.479 e. The van der Waals surface area contributed by atoms with E-state index in [4.69, 9.17) is 23.7 Å². The van der Waals surface area contributed by atoms with Gasteiger partial charge in [-0.25, -0.2) is 4.79 Å². The number of carbonyl (C=O) groups is 4. The van der Waals surface area contributed by atoms with Crippen molar-refractivity contribution in [3.05, 3.63) is 97.2 Å². The Morgan fingerprint density at radius 1 is 0.442 bits per heavy atom. The van der Waals surface area contributed by atoms with Crippen molar-refractivity contribution in [2.75, 3.05) is 13.2 Å². The lowest BCUT2D eigenvalue weighted by Gasteiger charge is -2.40. The van der Waals surface area contributed by atoms with Crippen molar-refractivity contribution < 1.29 is 58.2 Å². The topological polar surface area (TPSA) is 175 Å². The molecule has 0 amide bonds. The fourth-order valence-corrected chi connectivity index (χ4v) is 8.50. The molecule has 1 saturated heterocycles. The van der Waals surface area contributed by atoms with E-state index in [0.29, 0.717) is 25.7 Å². The van der Waals surface area contributed by atoms with Gasteiger partial charge in [0.15, 0.2) is 24.6 Å². The lowest BCUT2D eigenvalue weighted by Crippen LogP contribution is -2.61. The first-order valence-corrected chi connectivity index (χ1v) is 30.2. The zero-order valence-corrected chi connectivity index (χ0v) is 48.2. The van der Waals surface area contributed by atoms with Gasteiger partial charge in [-0.2, -0.15) is 0 Å². The summed E-state index contributed by atoms with van der Waals surface area (Å²) in [6.45, 7) is 5.81. The van der Waals surface area contributed by atoms with Crippen LogP contribution in [0.5, 0.6) is 0 Å². The summed E-state index contributed by atoms with van der Waals surface area (Å²) in [7, 11) is 0. The van der Waals surface area contributed by atoms with Gasteiger partial charge in [0, 0.05) is 19.3 Å². The highest BCUT2D eigenvalue weighted by atomic mass is 16.7. The Labute approximate surface area is 466 Å². The van der Waals surface area contributed by atoms with Gasteiger partial charge >= 0.3 is 23.9 Å². The lowest BCUT2D eigenvalue weighted by atomic mass is 9.98. The van der Waals surface area contributed by atoms with Crippen molar-refractivity contribution in [2.24, 2.45) is 0 Å². The molecule has 0 spiro atoms. The number of aliphatic carboxylic acids is 1.